The molecule has 3 aromatic carbocycles. The fourth-order valence-corrected chi connectivity index (χ4v) is 7.06. The van der Waals surface area contributed by atoms with Gasteiger partial charge in [0, 0.05) is 19.0 Å². The van der Waals surface area contributed by atoms with E-state index < -0.39 is 24.1 Å². The van der Waals surface area contributed by atoms with E-state index in [0.29, 0.717) is 43.8 Å². The summed E-state index contributed by atoms with van der Waals surface area (Å²) in [5.74, 6) is -0.790. The number of aromatic nitrogens is 1. The van der Waals surface area contributed by atoms with Gasteiger partial charge in [-0.15, -0.1) is 11.3 Å². The molecule has 1 aliphatic carbocycles. The number of ether oxygens (including phenoxy) is 1. The van der Waals surface area contributed by atoms with Gasteiger partial charge >= 0.3 is 6.09 Å². The summed E-state index contributed by atoms with van der Waals surface area (Å²) in [6.07, 6.45) is 1.39. The van der Waals surface area contributed by atoms with Crippen molar-refractivity contribution in [3.8, 4) is 11.1 Å². The minimum absolute atomic E-state index is 0.0345. The molecule has 2 heterocycles. The Hall–Kier alpha value is -4.77. The second-order valence-electron chi connectivity index (χ2n) is 11.0. The van der Waals surface area contributed by atoms with Crippen molar-refractivity contribution < 1.29 is 19.1 Å². The molecule has 0 saturated carbocycles. The van der Waals surface area contributed by atoms with Crippen LogP contribution in [-0.4, -0.2) is 65.4 Å². The molecule has 0 unspecified atom stereocenters. The van der Waals surface area contributed by atoms with Gasteiger partial charge in [-0.2, -0.15) is 0 Å². The standard InChI is InChI=1S/C33H34N6O4S/c34-32(35)36-17-7-14-26(29(40)31-38-25-13-5-6-16-28(25)44-31)37-30(41)27-15-8-18-39(27)33(42)43-19-24-22-11-3-1-9-20(22)21-10-2-4-12-23(21)24/h1-6,9-13,16,24,26-27H,7-8,14-15,17-19H2,(H,37,41)(H4,34,35,36)/t26-,27-/m0/s1. The summed E-state index contributed by atoms with van der Waals surface area (Å²) in [5.41, 5.74) is 16.2. The zero-order chi connectivity index (χ0) is 30.6. The van der Waals surface area contributed by atoms with Crippen LogP contribution in [0.4, 0.5) is 4.79 Å². The smallest absolute Gasteiger partial charge is 0.410 e. The van der Waals surface area contributed by atoms with E-state index in [2.05, 4.69) is 39.6 Å². The van der Waals surface area contributed by atoms with Gasteiger partial charge in [-0.05, 0) is 60.1 Å². The maximum absolute atomic E-state index is 13.6. The fraction of sp³-hybridized carbons (Fsp3) is 0.303. The number of fused-ring (bicyclic) bond motifs is 4. The number of hydrogen-bond acceptors (Lipinski definition) is 7. The number of likely N-dealkylation sites (tertiary alicyclic amines) is 1. The highest BCUT2D eigenvalue weighted by Gasteiger charge is 2.38. The van der Waals surface area contributed by atoms with Crippen molar-refractivity contribution in [3.05, 3.63) is 88.9 Å². The van der Waals surface area contributed by atoms with Crippen molar-refractivity contribution in [1.29, 1.82) is 0 Å². The molecular weight excluding hydrogens is 576 g/mol. The first kappa shape index (κ1) is 29.3. The minimum Gasteiger partial charge on any atom is -0.448 e. The molecule has 1 aromatic heterocycles. The lowest BCUT2D eigenvalue weighted by molar-refractivity contribution is -0.125. The number of guanidine groups is 1. The molecular formula is C33H34N6O4S. The molecule has 11 heteroatoms. The van der Waals surface area contributed by atoms with E-state index in [0.717, 1.165) is 32.5 Å². The number of carbonyl (C=O) groups excluding carboxylic acids is 3. The summed E-state index contributed by atoms with van der Waals surface area (Å²) >= 11 is 1.29. The summed E-state index contributed by atoms with van der Waals surface area (Å²) in [4.78, 5) is 50.6. The number of benzene rings is 3. The van der Waals surface area contributed by atoms with E-state index >= 15 is 0 Å². The number of Topliss-reactive ketones (excluding diaryl/α,β-unsaturated/α-hetero) is 1. The van der Waals surface area contributed by atoms with E-state index in [1.54, 1.807) is 0 Å². The van der Waals surface area contributed by atoms with E-state index in [1.807, 2.05) is 48.5 Å². The van der Waals surface area contributed by atoms with Gasteiger partial charge in [-0.1, -0.05) is 60.7 Å². The van der Waals surface area contributed by atoms with Gasteiger partial charge in [0.1, 0.15) is 12.6 Å². The molecule has 226 valence electrons. The quantitative estimate of drug-likeness (QED) is 0.104. The topological polar surface area (TPSA) is 153 Å². The normalized spacial score (nSPS) is 16.3. The number of amides is 2. The minimum atomic E-state index is -0.845. The van der Waals surface area contributed by atoms with Crippen LogP contribution in [0.15, 0.2) is 77.8 Å². The van der Waals surface area contributed by atoms with Gasteiger partial charge in [0.05, 0.1) is 16.3 Å². The molecule has 0 bridgehead atoms. The maximum atomic E-state index is 13.6. The van der Waals surface area contributed by atoms with E-state index in [9.17, 15) is 14.4 Å². The third-order valence-corrected chi connectivity index (χ3v) is 9.26. The van der Waals surface area contributed by atoms with Crippen molar-refractivity contribution in [1.82, 2.24) is 15.2 Å². The summed E-state index contributed by atoms with van der Waals surface area (Å²) in [7, 11) is 0. The zero-order valence-electron chi connectivity index (χ0n) is 24.1. The van der Waals surface area contributed by atoms with Crippen LogP contribution >= 0.6 is 11.3 Å². The predicted molar refractivity (Wildman–Crippen MR) is 171 cm³/mol. The van der Waals surface area contributed by atoms with Crippen molar-refractivity contribution in [3.63, 3.8) is 0 Å². The Balaban J connectivity index is 1.14. The number of aliphatic imine (C=N–C) groups is 1. The van der Waals surface area contributed by atoms with Gasteiger partial charge in [-0.3, -0.25) is 19.5 Å². The Morgan fingerprint density at radius 1 is 1.00 bits per heavy atom. The van der Waals surface area contributed by atoms with Gasteiger partial charge in [-0.25, -0.2) is 9.78 Å². The Labute approximate surface area is 259 Å². The van der Waals surface area contributed by atoms with Crippen LogP contribution in [0.25, 0.3) is 21.3 Å². The number of rotatable bonds is 10. The number of ketones is 1. The molecule has 0 radical (unpaired) electrons. The molecule has 1 saturated heterocycles. The Bertz CT molecular complexity index is 1650. The summed E-state index contributed by atoms with van der Waals surface area (Å²) in [5, 5.41) is 3.23. The van der Waals surface area contributed by atoms with Crippen LogP contribution < -0.4 is 16.8 Å². The van der Waals surface area contributed by atoms with Crippen molar-refractivity contribution in [2.75, 3.05) is 19.7 Å². The Morgan fingerprint density at radius 3 is 2.39 bits per heavy atom. The number of carbonyl (C=O) groups is 3. The average Bonchev–Trinajstić information content (AvgIpc) is 3.77. The highest BCUT2D eigenvalue weighted by molar-refractivity contribution is 7.20. The lowest BCUT2D eigenvalue weighted by Gasteiger charge is -2.26. The molecule has 2 aliphatic rings. The van der Waals surface area contributed by atoms with Crippen molar-refractivity contribution in [2.45, 2.75) is 43.7 Å². The number of para-hydroxylation sites is 1. The summed E-state index contributed by atoms with van der Waals surface area (Å²) < 4.78 is 6.74. The molecule has 1 aliphatic heterocycles. The van der Waals surface area contributed by atoms with Crippen LogP contribution in [0.3, 0.4) is 0 Å². The second kappa shape index (κ2) is 12.8. The SMILES string of the molecule is NC(N)=NCCC[C@H](NC(=O)[C@@H]1CCCN1C(=O)OCC1c2ccccc2-c2ccccc21)C(=O)c1nc2ccccc2s1. The first-order valence-electron chi connectivity index (χ1n) is 14.8. The summed E-state index contributed by atoms with van der Waals surface area (Å²) in [6, 6.07) is 22.2. The third-order valence-electron chi connectivity index (χ3n) is 8.21. The molecule has 44 heavy (non-hydrogen) atoms. The maximum Gasteiger partial charge on any atom is 0.410 e. The Kier molecular flexibility index (Phi) is 8.56. The first-order chi connectivity index (χ1) is 21.4. The number of nitrogens with two attached hydrogens (primary N) is 2. The lowest BCUT2D eigenvalue weighted by Crippen LogP contribution is -2.51. The monoisotopic (exact) mass is 610 g/mol. The van der Waals surface area contributed by atoms with Crippen LogP contribution in [0.5, 0.6) is 0 Å². The largest absolute Gasteiger partial charge is 0.448 e. The number of hydrogen-bond donors (Lipinski definition) is 3. The zero-order valence-corrected chi connectivity index (χ0v) is 25.0. The van der Waals surface area contributed by atoms with E-state index in [4.69, 9.17) is 16.2 Å². The fourth-order valence-electron chi connectivity index (χ4n) is 6.10. The second-order valence-corrected chi connectivity index (χ2v) is 12.0. The highest BCUT2D eigenvalue weighted by Crippen LogP contribution is 2.44. The molecule has 4 aromatic rings. The molecule has 10 nitrogen and oxygen atoms in total. The number of nitrogens with zero attached hydrogens (tertiary/aromatic N) is 3. The highest BCUT2D eigenvalue weighted by atomic mass is 32.1. The van der Waals surface area contributed by atoms with Crippen molar-refractivity contribution in [2.24, 2.45) is 16.5 Å². The molecule has 2 amide bonds. The van der Waals surface area contributed by atoms with Crippen LogP contribution in [0.2, 0.25) is 0 Å². The number of nitrogens with one attached hydrogen (secondary N) is 1. The van der Waals surface area contributed by atoms with Crippen LogP contribution in [0.1, 0.15) is 52.5 Å². The third kappa shape index (κ3) is 6.00. The first-order valence-corrected chi connectivity index (χ1v) is 15.6. The number of thiazole rings is 1. The van der Waals surface area contributed by atoms with Crippen LogP contribution in [-0.2, 0) is 9.53 Å². The van der Waals surface area contributed by atoms with Gasteiger partial charge < -0.3 is 21.5 Å². The van der Waals surface area contributed by atoms with Gasteiger partial charge in [0.2, 0.25) is 11.7 Å². The average molecular weight is 611 g/mol. The predicted octanol–water partition coefficient (Wildman–Crippen LogP) is 4.43. The molecule has 5 N–H and O–H groups in total. The lowest BCUT2D eigenvalue weighted by atomic mass is 9.98. The molecule has 2 atom stereocenters. The molecule has 6 rings (SSSR count). The van der Waals surface area contributed by atoms with E-state index in [-0.39, 0.29) is 24.3 Å². The van der Waals surface area contributed by atoms with Crippen LogP contribution in [0, 0.1) is 0 Å². The van der Waals surface area contributed by atoms with E-state index in [1.165, 1.54) is 16.2 Å². The molecule has 1 fully saturated rings. The van der Waals surface area contributed by atoms with Crippen molar-refractivity contribution >= 4 is 45.3 Å². The molecule has 0 spiro atoms. The summed E-state index contributed by atoms with van der Waals surface area (Å²) in [6.45, 7) is 0.883. The van der Waals surface area contributed by atoms with Gasteiger partial charge in [0.25, 0.3) is 0 Å². The Morgan fingerprint density at radius 2 is 1.68 bits per heavy atom. The van der Waals surface area contributed by atoms with Gasteiger partial charge in [0.15, 0.2) is 11.0 Å².